The molecule has 1 aromatic rings. The van der Waals surface area contributed by atoms with Crippen LogP contribution in [-0.2, 0) is 4.74 Å². The minimum Gasteiger partial charge on any atom is -0.465 e. The van der Waals surface area contributed by atoms with Crippen LogP contribution >= 0.6 is 11.6 Å². The van der Waals surface area contributed by atoms with Gasteiger partial charge in [0.1, 0.15) is 5.56 Å². The van der Waals surface area contributed by atoms with E-state index in [2.05, 4.69) is 4.74 Å². The lowest BCUT2D eigenvalue weighted by molar-refractivity contribution is 0.0601. The molecule has 0 spiro atoms. The first-order valence-corrected chi connectivity index (χ1v) is 4.50. The van der Waals surface area contributed by atoms with Crippen molar-refractivity contribution in [3.05, 3.63) is 28.8 Å². The van der Waals surface area contributed by atoms with Crippen LogP contribution in [0.25, 0.3) is 0 Å². The molecule has 0 aromatic heterocycles. The number of methoxy groups -OCH3 is 1. The third-order valence-electron chi connectivity index (χ3n) is 1.86. The molecule has 0 atom stereocenters. The second-order valence-electron chi connectivity index (χ2n) is 3.02. The Balaban J connectivity index is 3.29. The van der Waals surface area contributed by atoms with E-state index in [4.69, 9.17) is 11.6 Å². The van der Waals surface area contributed by atoms with Crippen molar-refractivity contribution in [2.45, 2.75) is 0 Å². The molecule has 0 bridgehead atoms. The molecule has 0 aliphatic rings. The summed E-state index contributed by atoms with van der Waals surface area (Å²) in [6.45, 7) is 0. The van der Waals surface area contributed by atoms with Gasteiger partial charge in [0, 0.05) is 14.1 Å². The largest absolute Gasteiger partial charge is 0.465 e. The highest BCUT2D eigenvalue weighted by Gasteiger charge is 2.16. The van der Waals surface area contributed by atoms with Gasteiger partial charge in [-0.25, -0.2) is 4.79 Å². The quantitative estimate of drug-likeness (QED) is 0.706. The Morgan fingerprint density at radius 2 is 2.07 bits per heavy atom. The summed E-state index contributed by atoms with van der Waals surface area (Å²) in [5.41, 5.74) is 1.16. The monoisotopic (exact) mass is 213 g/mol. The van der Waals surface area contributed by atoms with E-state index in [-0.39, 0.29) is 0 Å². The zero-order valence-corrected chi connectivity index (χ0v) is 9.13. The van der Waals surface area contributed by atoms with Crippen molar-refractivity contribution >= 4 is 23.3 Å². The number of hydrogen-bond donors (Lipinski definition) is 0. The Kier molecular flexibility index (Phi) is 3.36. The molecule has 0 radical (unpaired) electrons. The van der Waals surface area contributed by atoms with Crippen LogP contribution in [0.15, 0.2) is 18.2 Å². The summed E-state index contributed by atoms with van der Waals surface area (Å²) in [5, 5.41) is 0.406. The predicted octanol–water partition coefficient (Wildman–Crippen LogP) is 2.19. The van der Waals surface area contributed by atoms with Crippen LogP contribution in [0.3, 0.4) is 0 Å². The highest BCUT2D eigenvalue weighted by molar-refractivity contribution is 6.34. The van der Waals surface area contributed by atoms with Crippen molar-refractivity contribution in [2.75, 3.05) is 26.1 Å². The number of esters is 1. The summed E-state index contributed by atoms with van der Waals surface area (Å²) in [4.78, 5) is 13.2. The lowest BCUT2D eigenvalue weighted by atomic mass is 10.1. The van der Waals surface area contributed by atoms with Gasteiger partial charge in [-0.3, -0.25) is 0 Å². The maximum absolute atomic E-state index is 11.4. The van der Waals surface area contributed by atoms with E-state index < -0.39 is 5.97 Å². The molecule has 4 heteroatoms. The normalized spacial score (nSPS) is 9.71. The Labute approximate surface area is 88.2 Å². The number of halogens is 1. The Morgan fingerprint density at radius 1 is 1.43 bits per heavy atom. The first-order valence-electron chi connectivity index (χ1n) is 4.12. The van der Waals surface area contributed by atoms with E-state index in [1.165, 1.54) is 7.11 Å². The predicted molar refractivity (Wildman–Crippen MR) is 57.1 cm³/mol. The number of ether oxygens (including phenoxy) is 1. The lowest BCUT2D eigenvalue weighted by Gasteiger charge is -2.16. The highest BCUT2D eigenvalue weighted by Crippen LogP contribution is 2.26. The van der Waals surface area contributed by atoms with Crippen LogP contribution in [-0.4, -0.2) is 27.2 Å². The number of carbonyl (C=O) groups excluding carboxylic acids is 1. The SMILES string of the molecule is COC(=O)c1c(Cl)cccc1N(C)C. The van der Waals surface area contributed by atoms with Gasteiger partial charge in [-0.2, -0.15) is 0 Å². The van der Waals surface area contributed by atoms with Crippen molar-refractivity contribution in [2.24, 2.45) is 0 Å². The Morgan fingerprint density at radius 3 is 2.57 bits per heavy atom. The lowest BCUT2D eigenvalue weighted by Crippen LogP contribution is -2.15. The summed E-state index contributed by atoms with van der Waals surface area (Å²) in [6, 6.07) is 5.28. The molecule has 76 valence electrons. The van der Waals surface area contributed by atoms with Gasteiger partial charge in [0.05, 0.1) is 17.8 Å². The van der Waals surface area contributed by atoms with E-state index in [1.807, 2.05) is 25.1 Å². The van der Waals surface area contributed by atoms with Crippen LogP contribution in [0.4, 0.5) is 5.69 Å². The fourth-order valence-electron chi connectivity index (χ4n) is 1.19. The van der Waals surface area contributed by atoms with Gasteiger partial charge in [0.2, 0.25) is 0 Å². The molecule has 0 saturated heterocycles. The molecule has 0 aliphatic carbocycles. The van der Waals surface area contributed by atoms with E-state index in [9.17, 15) is 4.79 Å². The van der Waals surface area contributed by atoms with Crippen molar-refractivity contribution in [1.82, 2.24) is 0 Å². The van der Waals surface area contributed by atoms with Gasteiger partial charge in [-0.05, 0) is 12.1 Å². The summed E-state index contributed by atoms with van der Waals surface area (Å²) < 4.78 is 4.66. The van der Waals surface area contributed by atoms with Gasteiger partial charge in [-0.1, -0.05) is 17.7 Å². The molecule has 0 saturated carbocycles. The topological polar surface area (TPSA) is 29.5 Å². The zero-order valence-electron chi connectivity index (χ0n) is 8.37. The van der Waals surface area contributed by atoms with Gasteiger partial charge >= 0.3 is 5.97 Å². The van der Waals surface area contributed by atoms with E-state index in [0.717, 1.165) is 5.69 Å². The maximum Gasteiger partial charge on any atom is 0.341 e. The zero-order chi connectivity index (χ0) is 10.7. The molecule has 14 heavy (non-hydrogen) atoms. The van der Waals surface area contributed by atoms with Crippen LogP contribution in [0.1, 0.15) is 10.4 Å². The number of benzene rings is 1. The highest BCUT2D eigenvalue weighted by atomic mass is 35.5. The van der Waals surface area contributed by atoms with Crippen molar-refractivity contribution in [1.29, 1.82) is 0 Å². The summed E-state index contributed by atoms with van der Waals surface area (Å²) in [7, 11) is 5.03. The number of hydrogen-bond acceptors (Lipinski definition) is 3. The molecule has 0 amide bonds. The van der Waals surface area contributed by atoms with E-state index in [0.29, 0.717) is 10.6 Å². The number of nitrogens with zero attached hydrogens (tertiary/aromatic N) is 1. The molecule has 0 heterocycles. The number of carbonyl (C=O) groups is 1. The average molecular weight is 214 g/mol. The molecular formula is C10H12ClNO2. The minimum absolute atomic E-state index is 0.404. The van der Waals surface area contributed by atoms with Gasteiger partial charge in [0.15, 0.2) is 0 Å². The van der Waals surface area contributed by atoms with Crippen molar-refractivity contribution in [3.8, 4) is 0 Å². The molecule has 0 N–H and O–H groups in total. The number of anilines is 1. The number of rotatable bonds is 2. The maximum atomic E-state index is 11.4. The van der Waals surface area contributed by atoms with Crippen LogP contribution < -0.4 is 4.90 Å². The average Bonchev–Trinajstić information content (AvgIpc) is 2.16. The summed E-state index contributed by atoms with van der Waals surface area (Å²) >= 11 is 5.92. The first-order chi connectivity index (χ1) is 6.57. The Hall–Kier alpha value is -1.22. The molecule has 1 rings (SSSR count). The third kappa shape index (κ3) is 1.99. The van der Waals surface area contributed by atoms with Gasteiger partial charge in [0.25, 0.3) is 0 Å². The second kappa shape index (κ2) is 4.33. The minimum atomic E-state index is -0.417. The van der Waals surface area contributed by atoms with Crippen LogP contribution in [0, 0.1) is 0 Å². The van der Waals surface area contributed by atoms with E-state index in [1.54, 1.807) is 12.1 Å². The van der Waals surface area contributed by atoms with E-state index >= 15 is 0 Å². The second-order valence-corrected chi connectivity index (χ2v) is 3.43. The van der Waals surface area contributed by atoms with Gasteiger partial charge < -0.3 is 9.64 Å². The molecule has 0 fully saturated rings. The molecule has 1 aromatic carbocycles. The molecule has 0 unspecified atom stereocenters. The molecule has 0 aliphatic heterocycles. The summed E-state index contributed by atoms with van der Waals surface area (Å²) in [5.74, 6) is -0.417. The fourth-order valence-corrected chi connectivity index (χ4v) is 1.44. The summed E-state index contributed by atoms with van der Waals surface area (Å²) in [6.07, 6.45) is 0. The third-order valence-corrected chi connectivity index (χ3v) is 2.18. The van der Waals surface area contributed by atoms with Gasteiger partial charge in [-0.15, -0.1) is 0 Å². The fraction of sp³-hybridized carbons (Fsp3) is 0.300. The smallest absolute Gasteiger partial charge is 0.341 e. The Bertz CT molecular complexity index is 350. The van der Waals surface area contributed by atoms with Crippen molar-refractivity contribution < 1.29 is 9.53 Å². The first kappa shape index (κ1) is 10.9. The van der Waals surface area contributed by atoms with Crippen molar-refractivity contribution in [3.63, 3.8) is 0 Å². The molecule has 3 nitrogen and oxygen atoms in total. The van der Waals surface area contributed by atoms with Crippen LogP contribution in [0.5, 0.6) is 0 Å². The standard InChI is InChI=1S/C10H12ClNO2/c1-12(2)8-6-4-5-7(11)9(8)10(13)14-3/h4-6H,1-3H3. The van der Waals surface area contributed by atoms with Crippen LogP contribution in [0.2, 0.25) is 5.02 Å². The molecular weight excluding hydrogens is 202 g/mol.